The summed E-state index contributed by atoms with van der Waals surface area (Å²) in [4.78, 5) is 10.9. The smallest absolute Gasteiger partial charge is 0.335 e. The summed E-state index contributed by atoms with van der Waals surface area (Å²) < 4.78 is 9.52. The average Bonchev–Trinajstić information content (AvgIpc) is 2.45. The Morgan fingerprint density at radius 1 is 1.83 bits per heavy atom. The van der Waals surface area contributed by atoms with Crippen molar-refractivity contribution in [2.24, 2.45) is 0 Å². The van der Waals surface area contributed by atoms with Crippen LogP contribution in [-0.4, -0.2) is 48.2 Å². The minimum absolute atomic E-state index is 0.303. The van der Waals surface area contributed by atoms with Gasteiger partial charge in [0.05, 0.1) is 6.61 Å². The standard InChI is InChI=1S/C7H12O5/c1-11-6-2-5(4(9)3-8)12-7(6)10/h4-6,8-9H,2-3H2,1H3/t4-,5+,6-/m1/s1. The molecule has 0 unspecified atom stereocenters. The number of carbonyl (C=O) groups excluding carboxylic acids is 1. The van der Waals surface area contributed by atoms with Gasteiger partial charge in [0.1, 0.15) is 12.2 Å². The molecule has 5 nitrogen and oxygen atoms in total. The van der Waals surface area contributed by atoms with E-state index < -0.39 is 30.9 Å². The summed E-state index contributed by atoms with van der Waals surface area (Å²) in [6.45, 7) is -0.408. The van der Waals surface area contributed by atoms with Gasteiger partial charge in [0.2, 0.25) is 0 Å². The second-order valence-electron chi connectivity index (χ2n) is 2.69. The van der Waals surface area contributed by atoms with Crippen molar-refractivity contribution in [1.29, 1.82) is 0 Å². The van der Waals surface area contributed by atoms with Crippen LogP contribution in [0.2, 0.25) is 0 Å². The summed E-state index contributed by atoms with van der Waals surface area (Å²) in [7, 11) is 1.40. The van der Waals surface area contributed by atoms with E-state index in [1.165, 1.54) is 7.11 Å². The van der Waals surface area contributed by atoms with Gasteiger partial charge in [-0.1, -0.05) is 0 Å². The van der Waals surface area contributed by atoms with Gasteiger partial charge in [0, 0.05) is 13.5 Å². The van der Waals surface area contributed by atoms with Crippen LogP contribution in [0.5, 0.6) is 0 Å². The highest BCUT2D eigenvalue weighted by molar-refractivity contribution is 5.76. The van der Waals surface area contributed by atoms with E-state index in [1.54, 1.807) is 0 Å². The zero-order valence-electron chi connectivity index (χ0n) is 6.77. The first kappa shape index (κ1) is 9.44. The SMILES string of the molecule is CO[C@@H]1C[C@@H]([C@H](O)CO)OC1=O. The fraction of sp³-hybridized carbons (Fsp3) is 0.857. The van der Waals surface area contributed by atoms with Gasteiger partial charge >= 0.3 is 5.97 Å². The summed E-state index contributed by atoms with van der Waals surface area (Å²) in [5.74, 6) is -0.477. The monoisotopic (exact) mass is 176 g/mol. The van der Waals surface area contributed by atoms with Crippen LogP contribution < -0.4 is 0 Å². The first-order valence-electron chi connectivity index (χ1n) is 3.71. The van der Waals surface area contributed by atoms with Crippen molar-refractivity contribution >= 4 is 5.97 Å². The minimum atomic E-state index is -1.01. The Kier molecular flexibility index (Phi) is 3.02. The van der Waals surface area contributed by atoms with E-state index in [9.17, 15) is 4.79 Å². The van der Waals surface area contributed by atoms with E-state index in [0.717, 1.165) is 0 Å². The van der Waals surface area contributed by atoms with Gasteiger partial charge in [-0.05, 0) is 0 Å². The molecule has 1 heterocycles. The Morgan fingerprint density at radius 2 is 2.50 bits per heavy atom. The maximum atomic E-state index is 10.9. The molecule has 70 valence electrons. The van der Waals surface area contributed by atoms with Crippen LogP contribution in [0.4, 0.5) is 0 Å². The van der Waals surface area contributed by atoms with Crippen molar-refractivity contribution in [2.75, 3.05) is 13.7 Å². The third kappa shape index (κ3) is 1.74. The van der Waals surface area contributed by atoms with Gasteiger partial charge in [0.15, 0.2) is 6.10 Å². The summed E-state index contributed by atoms with van der Waals surface area (Å²) in [6, 6.07) is 0. The Balaban J connectivity index is 2.48. The second kappa shape index (κ2) is 3.84. The topological polar surface area (TPSA) is 76.0 Å². The molecule has 1 fully saturated rings. The Bertz CT molecular complexity index is 169. The van der Waals surface area contributed by atoms with Gasteiger partial charge < -0.3 is 19.7 Å². The molecule has 0 aliphatic carbocycles. The molecule has 2 N–H and O–H groups in total. The number of methoxy groups -OCH3 is 1. The Hall–Kier alpha value is -0.650. The molecule has 0 spiro atoms. The lowest BCUT2D eigenvalue weighted by molar-refractivity contribution is -0.152. The van der Waals surface area contributed by atoms with E-state index in [2.05, 4.69) is 0 Å². The molecule has 0 amide bonds. The second-order valence-corrected chi connectivity index (χ2v) is 2.69. The van der Waals surface area contributed by atoms with E-state index in [-0.39, 0.29) is 0 Å². The molecule has 0 aromatic carbocycles. The largest absolute Gasteiger partial charge is 0.457 e. The number of hydrogen-bond acceptors (Lipinski definition) is 5. The minimum Gasteiger partial charge on any atom is -0.457 e. The molecular formula is C7H12O5. The number of hydrogen-bond donors (Lipinski definition) is 2. The van der Waals surface area contributed by atoms with Gasteiger partial charge in [-0.2, -0.15) is 0 Å². The Labute approximate surface area is 69.9 Å². The number of aliphatic hydroxyl groups excluding tert-OH is 2. The van der Waals surface area contributed by atoms with Gasteiger partial charge in [0.25, 0.3) is 0 Å². The van der Waals surface area contributed by atoms with Crippen molar-refractivity contribution in [3.05, 3.63) is 0 Å². The first-order chi connectivity index (χ1) is 5.69. The van der Waals surface area contributed by atoms with E-state index in [1.807, 2.05) is 0 Å². The lowest BCUT2D eigenvalue weighted by Gasteiger charge is -2.13. The van der Waals surface area contributed by atoms with Gasteiger partial charge in [-0.3, -0.25) is 0 Å². The number of esters is 1. The average molecular weight is 176 g/mol. The molecule has 5 heteroatoms. The molecule has 0 radical (unpaired) electrons. The quantitative estimate of drug-likeness (QED) is 0.521. The lowest BCUT2D eigenvalue weighted by Crippen LogP contribution is -2.29. The van der Waals surface area contributed by atoms with Crippen molar-refractivity contribution in [1.82, 2.24) is 0 Å². The van der Waals surface area contributed by atoms with Crippen molar-refractivity contribution in [2.45, 2.75) is 24.7 Å². The predicted octanol–water partition coefficient (Wildman–Crippen LogP) is -1.33. The van der Waals surface area contributed by atoms with Crippen LogP contribution in [0.3, 0.4) is 0 Å². The van der Waals surface area contributed by atoms with Crippen molar-refractivity contribution in [3.63, 3.8) is 0 Å². The highest BCUT2D eigenvalue weighted by atomic mass is 16.6. The summed E-state index contributed by atoms with van der Waals surface area (Å²) >= 11 is 0. The zero-order chi connectivity index (χ0) is 9.14. The highest BCUT2D eigenvalue weighted by Crippen LogP contribution is 2.19. The lowest BCUT2D eigenvalue weighted by atomic mass is 10.1. The zero-order valence-corrected chi connectivity index (χ0v) is 6.77. The van der Waals surface area contributed by atoms with Crippen molar-refractivity contribution in [3.8, 4) is 0 Å². The molecule has 3 atom stereocenters. The Morgan fingerprint density at radius 3 is 2.92 bits per heavy atom. The molecule has 12 heavy (non-hydrogen) atoms. The highest BCUT2D eigenvalue weighted by Gasteiger charge is 2.38. The molecule has 1 aliphatic rings. The number of rotatable bonds is 3. The van der Waals surface area contributed by atoms with Gasteiger partial charge in [-0.15, -0.1) is 0 Å². The molecule has 1 saturated heterocycles. The summed E-state index contributed by atoms with van der Waals surface area (Å²) in [5.41, 5.74) is 0. The molecule has 0 bridgehead atoms. The van der Waals surface area contributed by atoms with Crippen LogP contribution in [-0.2, 0) is 14.3 Å². The third-order valence-corrected chi connectivity index (χ3v) is 1.88. The molecule has 1 aliphatic heterocycles. The summed E-state index contributed by atoms with van der Waals surface area (Å²) in [5, 5.41) is 17.7. The molecule has 0 aromatic heterocycles. The number of ether oxygens (including phenoxy) is 2. The fourth-order valence-electron chi connectivity index (χ4n) is 1.13. The number of carbonyl (C=O) groups is 1. The van der Waals surface area contributed by atoms with Crippen molar-refractivity contribution < 1.29 is 24.5 Å². The fourth-order valence-corrected chi connectivity index (χ4v) is 1.13. The normalized spacial score (nSPS) is 31.8. The molecule has 0 aromatic rings. The molecular weight excluding hydrogens is 164 g/mol. The summed E-state index contributed by atoms with van der Waals surface area (Å²) in [6.07, 6.45) is -1.94. The van der Waals surface area contributed by atoms with E-state index in [4.69, 9.17) is 19.7 Å². The van der Waals surface area contributed by atoms with Crippen LogP contribution in [0, 0.1) is 0 Å². The maximum absolute atomic E-state index is 10.9. The third-order valence-electron chi connectivity index (χ3n) is 1.88. The van der Waals surface area contributed by atoms with Crippen LogP contribution in [0.1, 0.15) is 6.42 Å². The van der Waals surface area contributed by atoms with Crippen LogP contribution in [0.25, 0.3) is 0 Å². The number of aliphatic hydroxyl groups is 2. The van der Waals surface area contributed by atoms with Gasteiger partial charge in [-0.25, -0.2) is 4.79 Å². The van der Waals surface area contributed by atoms with Crippen LogP contribution >= 0.6 is 0 Å². The first-order valence-corrected chi connectivity index (χ1v) is 3.71. The van der Waals surface area contributed by atoms with E-state index in [0.29, 0.717) is 6.42 Å². The van der Waals surface area contributed by atoms with E-state index >= 15 is 0 Å². The molecule has 0 saturated carbocycles. The number of cyclic esters (lactones) is 1. The van der Waals surface area contributed by atoms with Crippen LogP contribution in [0.15, 0.2) is 0 Å². The predicted molar refractivity (Wildman–Crippen MR) is 38.4 cm³/mol. The molecule has 1 rings (SSSR count). The maximum Gasteiger partial charge on any atom is 0.335 e.